The molecule has 0 N–H and O–H groups in total. The van der Waals surface area contributed by atoms with Crippen LogP contribution < -0.4 is 4.74 Å². The molecule has 1 amide bonds. The van der Waals surface area contributed by atoms with Crippen LogP contribution in [0.1, 0.15) is 64.0 Å². The third-order valence-corrected chi connectivity index (χ3v) is 8.19. The normalized spacial score (nSPS) is 25.4. The van der Waals surface area contributed by atoms with Crippen LogP contribution >= 0.6 is 0 Å². The van der Waals surface area contributed by atoms with E-state index in [0.717, 1.165) is 25.0 Å². The summed E-state index contributed by atoms with van der Waals surface area (Å²) >= 11 is 0. The van der Waals surface area contributed by atoms with E-state index in [1.165, 1.54) is 36.0 Å². The monoisotopic (exact) mass is 536 g/mol. The van der Waals surface area contributed by atoms with Crippen LogP contribution in [0.2, 0.25) is 0 Å². The molecule has 1 aliphatic carbocycles. The summed E-state index contributed by atoms with van der Waals surface area (Å²) in [6.45, 7) is 5.69. The summed E-state index contributed by atoms with van der Waals surface area (Å²) in [5, 5.41) is 0. The molecule has 0 radical (unpaired) electrons. The van der Waals surface area contributed by atoms with Gasteiger partial charge in [0.1, 0.15) is 23.5 Å². The number of nitrogens with zero attached hydrogens (tertiary/aromatic N) is 2. The molecule has 1 saturated carbocycles. The number of benzene rings is 2. The fourth-order valence-corrected chi connectivity index (χ4v) is 6.14. The Hall–Kier alpha value is -3.06. The topological polar surface area (TPSA) is 68.3 Å². The highest BCUT2D eigenvalue weighted by molar-refractivity contribution is 5.82. The highest BCUT2D eigenvalue weighted by Crippen LogP contribution is 2.44. The quantitative estimate of drug-likeness (QED) is 0.416. The van der Waals surface area contributed by atoms with Gasteiger partial charge in [0.25, 0.3) is 0 Å². The summed E-state index contributed by atoms with van der Waals surface area (Å²) in [7, 11) is 5.73. The number of ether oxygens (including phenoxy) is 3. The van der Waals surface area contributed by atoms with E-state index < -0.39 is 23.7 Å². The van der Waals surface area contributed by atoms with E-state index in [-0.39, 0.29) is 18.2 Å². The number of hydrogen-bond acceptors (Lipinski definition) is 6. The standard InChI is InChI=1S/C32H44N2O5/c1-31(2,3)39-30(36)34-22-27(21-28(34)29(35)37-6)38-26-14-10-11-24(20-26)19-23-15-17-32(18-16-23,33(4)5)25-12-8-7-9-13-25/h7-14,20,23,27-28H,15-19,21-22H2,1-6H3/t23?,27-,28+,32?/m1/s1. The van der Waals surface area contributed by atoms with Crippen molar-refractivity contribution in [3.63, 3.8) is 0 Å². The molecule has 39 heavy (non-hydrogen) atoms. The minimum absolute atomic E-state index is 0.0986. The van der Waals surface area contributed by atoms with Crippen LogP contribution in [-0.2, 0) is 26.2 Å². The van der Waals surface area contributed by atoms with Crippen molar-refractivity contribution in [1.82, 2.24) is 9.80 Å². The van der Waals surface area contributed by atoms with Crippen molar-refractivity contribution in [2.45, 2.75) is 82.6 Å². The zero-order valence-electron chi connectivity index (χ0n) is 24.3. The van der Waals surface area contributed by atoms with Crippen LogP contribution in [0.25, 0.3) is 0 Å². The molecule has 212 valence electrons. The van der Waals surface area contributed by atoms with E-state index in [1.807, 2.05) is 32.9 Å². The van der Waals surface area contributed by atoms with Gasteiger partial charge in [-0.1, -0.05) is 42.5 Å². The van der Waals surface area contributed by atoms with Gasteiger partial charge in [0, 0.05) is 12.0 Å². The highest BCUT2D eigenvalue weighted by atomic mass is 16.6. The van der Waals surface area contributed by atoms with Gasteiger partial charge in [-0.25, -0.2) is 9.59 Å². The molecule has 4 rings (SSSR count). The zero-order chi connectivity index (χ0) is 28.2. The van der Waals surface area contributed by atoms with Crippen LogP contribution in [0, 0.1) is 5.92 Å². The first-order valence-corrected chi connectivity index (χ1v) is 14.1. The first-order chi connectivity index (χ1) is 18.5. The number of amides is 1. The second-order valence-electron chi connectivity index (χ2n) is 12.2. The summed E-state index contributed by atoms with van der Waals surface area (Å²) in [6, 6.07) is 18.4. The van der Waals surface area contributed by atoms with Gasteiger partial charge in [-0.2, -0.15) is 0 Å². The Morgan fingerprint density at radius 3 is 2.33 bits per heavy atom. The van der Waals surface area contributed by atoms with Crippen molar-refractivity contribution in [2.75, 3.05) is 27.7 Å². The molecular weight excluding hydrogens is 492 g/mol. The Morgan fingerprint density at radius 1 is 1.03 bits per heavy atom. The maximum absolute atomic E-state index is 12.8. The average molecular weight is 537 g/mol. The minimum atomic E-state index is -0.721. The summed E-state index contributed by atoms with van der Waals surface area (Å²) in [4.78, 5) is 29.0. The van der Waals surface area contributed by atoms with Crippen molar-refractivity contribution in [2.24, 2.45) is 5.92 Å². The van der Waals surface area contributed by atoms with E-state index in [9.17, 15) is 9.59 Å². The third-order valence-electron chi connectivity index (χ3n) is 8.19. The molecule has 2 atom stereocenters. The zero-order valence-corrected chi connectivity index (χ0v) is 24.3. The summed E-state index contributed by atoms with van der Waals surface area (Å²) < 4.78 is 16.8. The van der Waals surface area contributed by atoms with Crippen LogP contribution in [0.5, 0.6) is 5.75 Å². The number of methoxy groups -OCH3 is 1. The highest BCUT2D eigenvalue weighted by Gasteiger charge is 2.43. The van der Waals surface area contributed by atoms with Crippen molar-refractivity contribution in [3.05, 3.63) is 65.7 Å². The van der Waals surface area contributed by atoms with E-state index >= 15 is 0 Å². The molecular formula is C32H44N2O5. The van der Waals surface area contributed by atoms with Crippen molar-refractivity contribution >= 4 is 12.1 Å². The van der Waals surface area contributed by atoms with Crippen LogP contribution in [0.3, 0.4) is 0 Å². The van der Waals surface area contributed by atoms with E-state index in [4.69, 9.17) is 14.2 Å². The Balaban J connectivity index is 1.38. The van der Waals surface area contributed by atoms with Gasteiger partial charge in [-0.15, -0.1) is 0 Å². The predicted octanol–water partition coefficient (Wildman–Crippen LogP) is 5.81. The van der Waals surface area contributed by atoms with Crippen molar-refractivity contribution in [1.29, 1.82) is 0 Å². The molecule has 2 fully saturated rings. The lowest BCUT2D eigenvalue weighted by Gasteiger charge is -2.45. The largest absolute Gasteiger partial charge is 0.488 e. The van der Waals surface area contributed by atoms with Crippen LogP contribution in [-0.4, -0.2) is 67.4 Å². The van der Waals surface area contributed by atoms with Gasteiger partial charge in [-0.3, -0.25) is 9.80 Å². The average Bonchev–Trinajstić information content (AvgIpc) is 3.32. The number of likely N-dealkylation sites (tertiary alicyclic amines) is 1. The van der Waals surface area contributed by atoms with E-state index in [1.54, 1.807) is 0 Å². The predicted molar refractivity (Wildman–Crippen MR) is 152 cm³/mol. The lowest BCUT2D eigenvalue weighted by molar-refractivity contribution is -0.145. The Bertz CT molecular complexity index is 1120. The SMILES string of the molecule is COC(=O)[C@@H]1C[C@@H](Oc2cccc(CC3CCC(c4ccccc4)(N(C)C)CC3)c2)CN1C(=O)OC(C)(C)C. The molecule has 0 spiro atoms. The first kappa shape index (κ1) is 28.9. The van der Waals surface area contributed by atoms with Gasteiger partial charge in [0.2, 0.25) is 0 Å². The van der Waals surface area contributed by atoms with Crippen molar-refractivity contribution < 1.29 is 23.8 Å². The van der Waals surface area contributed by atoms with E-state index in [0.29, 0.717) is 12.3 Å². The number of carbonyl (C=O) groups excluding carboxylic acids is 2. The summed E-state index contributed by atoms with van der Waals surface area (Å²) in [6.07, 6.45) is 5.15. The molecule has 1 aliphatic heterocycles. The molecule has 0 aromatic heterocycles. The maximum Gasteiger partial charge on any atom is 0.411 e. The number of rotatable bonds is 7. The number of carbonyl (C=O) groups is 2. The molecule has 2 aromatic carbocycles. The summed E-state index contributed by atoms with van der Waals surface area (Å²) in [5.74, 6) is 0.923. The van der Waals surface area contributed by atoms with Gasteiger partial charge < -0.3 is 14.2 Å². The first-order valence-electron chi connectivity index (χ1n) is 14.1. The summed E-state index contributed by atoms with van der Waals surface area (Å²) in [5.41, 5.74) is 2.10. The molecule has 1 saturated heterocycles. The smallest absolute Gasteiger partial charge is 0.411 e. The fraction of sp³-hybridized carbons (Fsp3) is 0.562. The Morgan fingerprint density at radius 2 is 1.72 bits per heavy atom. The van der Waals surface area contributed by atoms with E-state index in [2.05, 4.69) is 61.5 Å². The van der Waals surface area contributed by atoms with Crippen molar-refractivity contribution in [3.8, 4) is 5.75 Å². The molecule has 0 bridgehead atoms. The molecule has 7 heteroatoms. The Labute approximate surface area is 233 Å². The molecule has 2 aliphatic rings. The third kappa shape index (κ3) is 6.93. The van der Waals surface area contributed by atoms with Gasteiger partial charge >= 0.3 is 12.1 Å². The minimum Gasteiger partial charge on any atom is -0.488 e. The maximum atomic E-state index is 12.8. The second-order valence-corrected chi connectivity index (χ2v) is 12.2. The number of hydrogen-bond donors (Lipinski definition) is 0. The second kappa shape index (κ2) is 12.0. The lowest BCUT2D eigenvalue weighted by Crippen LogP contribution is -2.44. The molecule has 1 heterocycles. The van der Waals surface area contributed by atoms with Crippen LogP contribution in [0.15, 0.2) is 54.6 Å². The van der Waals surface area contributed by atoms with Crippen LogP contribution in [0.4, 0.5) is 4.79 Å². The molecule has 7 nitrogen and oxygen atoms in total. The fourth-order valence-electron chi connectivity index (χ4n) is 6.14. The number of esters is 1. The molecule has 0 unspecified atom stereocenters. The van der Waals surface area contributed by atoms with Gasteiger partial charge in [0.05, 0.1) is 13.7 Å². The lowest BCUT2D eigenvalue weighted by atomic mass is 9.70. The van der Waals surface area contributed by atoms with Gasteiger partial charge in [-0.05, 0) is 96.1 Å². The van der Waals surface area contributed by atoms with Gasteiger partial charge in [0.15, 0.2) is 0 Å². The molecule has 2 aromatic rings. The Kier molecular flexibility index (Phi) is 8.90.